The Morgan fingerprint density at radius 3 is 2.62 bits per heavy atom. The number of phenolic OH excluding ortho intramolecular Hbond substituents is 1. The highest BCUT2D eigenvalue weighted by atomic mass is 16.5. The maximum atomic E-state index is 13.4. The van der Waals surface area contributed by atoms with Crippen LogP contribution in [0.1, 0.15) is 84.8 Å². The summed E-state index contributed by atoms with van der Waals surface area (Å²) in [5, 5.41) is 13.6. The van der Waals surface area contributed by atoms with Gasteiger partial charge in [-0.25, -0.2) is 4.79 Å². The van der Waals surface area contributed by atoms with E-state index in [1.165, 1.54) is 0 Å². The van der Waals surface area contributed by atoms with Crippen LogP contribution in [0.4, 0.5) is 0 Å². The number of fused-ring (bicyclic) bond motifs is 3. The fraction of sp³-hybridized carbons (Fsp3) is 0.323. The predicted octanol–water partition coefficient (Wildman–Crippen LogP) is 6.47. The second kappa shape index (κ2) is 10.6. The van der Waals surface area contributed by atoms with Crippen molar-refractivity contribution in [3.8, 4) is 11.5 Å². The number of ether oxygens (including phenoxy) is 2. The fourth-order valence-electron chi connectivity index (χ4n) is 5.34. The first-order valence-corrected chi connectivity index (χ1v) is 12.9. The first-order chi connectivity index (χ1) is 17.9. The van der Waals surface area contributed by atoms with E-state index in [2.05, 4.69) is 0 Å². The maximum Gasteiger partial charge on any atom is 0.342 e. The minimum atomic E-state index is -0.635. The molecule has 0 fully saturated rings. The molecule has 6 heteroatoms. The molecule has 190 valence electrons. The van der Waals surface area contributed by atoms with Gasteiger partial charge in [-0.15, -0.1) is 0 Å². The number of carbonyl (C=O) groups is 3. The predicted molar refractivity (Wildman–Crippen MR) is 141 cm³/mol. The van der Waals surface area contributed by atoms with Crippen LogP contribution in [-0.2, 0) is 14.3 Å². The molecular formula is C31H30O6. The summed E-state index contributed by atoms with van der Waals surface area (Å²) in [7, 11) is 0. The van der Waals surface area contributed by atoms with E-state index in [1.54, 1.807) is 19.1 Å². The second-order valence-electron chi connectivity index (χ2n) is 9.84. The number of carbonyl (C=O) groups excluding carboxylic acids is 3. The van der Waals surface area contributed by atoms with Crippen LogP contribution in [0.25, 0.3) is 16.8 Å². The molecule has 6 nitrogen and oxygen atoms in total. The van der Waals surface area contributed by atoms with Gasteiger partial charge in [-0.05, 0) is 60.6 Å². The van der Waals surface area contributed by atoms with Crippen molar-refractivity contribution in [1.29, 1.82) is 0 Å². The maximum absolute atomic E-state index is 13.4. The molecular weight excluding hydrogens is 468 g/mol. The molecule has 2 unspecified atom stereocenters. The van der Waals surface area contributed by atoms with Gasteiger partial charge in [-0.1, -0.05) is 54.6 Å². The minimum absolute atomic E-state index is 0.0443. The van der Waals surface area contributed by atoms with E-state index in [1.807, 2.05) is 48.5 Å². The lowest BCUT2D eigenvalue weighted by Crippen LogP contribution is -2.23. The highest BCUT2D eigenvalue weighted by molar-refractivity contribution is 5.99. The molecule has 0 radical (unpaired) electrons. The highest BCUT2D eigenvalue weighted by Gasteiger charge is 2.36. The van der Waals surface area contributed by atoms with Gasteiger partial charge < -0.3 is 14.6 Å². The van der Waals surface area contributed by atoms with E-state index in [0.717, 1.165) is 16.3 Å². The summed E-state index contributed by atoms with van der Waals surface area (Å²) < 4.78 is 11.3. The number of benzene rings is 3. The van der Waals surface area contributed by atoms with Crippen LogP contribution >= 0.6 is 0 Å². The van der Waals surface area contributed by atoms with Crippen LogP contribution in [0, 0.1) is 0 Å². The normalized spacial score (nSPS) is 21.8. The van der Waals surface area contributed by atoms with Gasteiger partial charge in [0.2, 0.25) is 0 Å². The van der Waals surface area contributed by atoms with Gasteiger partial charge in [0.15, 0.2) is 0 Å². The Kier molecular flexibility index (Phi) is 7.08. The third-order valence-electron chi connectivity index (χ3n) is 7.18. The monoisotopic (exact) mass is 498 g/mol. The summed E-state index contributed by atoms with van der Waals surface area (Å²) in [4.78, 5) is 38.2. The zero-order valence-electron chi connectivity index (χ0n) is 20.9. The van der Waals surface area contributed by atoms with Crippen molar-refractivity contribution in [2.24, 2.45) is 0 Å². The van der Waals surface area contributed by atoms with Crippen LogP contribution in [0.15, 0.2) is 54.6 Å². The molecule has 2 heterocycles. The van der Waals surface area contributed by atoms with Crippen LogP contribution in [-0.4, -0.2) is 28.9 Å². The molecule has 37 heavy (non-hydrogen) atoms. The summed E-state index contributed by atoms with van der Waals surface area (Å²) in [5.41, 5.74) is 1.79. The van der Waals surface area contributed by atoms with E-state index >= 15 is 0 Å². The Labute approximate surface area is 215 Å². The van der Waals surface area contributed by atoms with E-state index in [9.17, 15) is 19.5 Å². The number of aromatic hydroxyl groups is 1. The van der Waals surface area contributed by atoms with E-state index in [0.29, 0.717) is 49.7 Å². The summed E-state index contributed by atoms with van der Waals surface area (Å²) >= 11 is 0. The summed E-state index contributed by atoms with van der Waals surface area (Å²) in [6.07, 6.45) is 6.76. The average molecular weight is 499 g/mol. The quantitative estimate of drug-likeness (QED) is 0.306. The molecule has 0 spiro atoms. The molecule has 0 saturated heterocycles. The van der Waals surface area contributed by atoms with Crippen LogP contribution in [0.5, 0.6) is 11.5 Å². The van der Waals surface area contributed by atoms with Crippen LogP contribution < -0.4 is 4.74 Å². The zero-order valence-corrected chi connectivity index (χ0v) is 20.9. The van der Waals surface area contributed by atoms with Crippen molar-refractivity contribution in [3.05, 3.63) is 76.9 Å². The number of hydrogen-bond donors (Lipinski definition) is 1. The lowest BCUT2D eigenvalue weighted by atomic mass is 9.81. The molecule has 5 rings (SSSR count). The van der Waals surface area contributed by atoms with Crippen molar-refractivity contribution < 1.29 is 29.0 Å². The molecule has 2 aliphatic heterocycles. The first-order valence-electron chi connectivity index (χ1n) is 12.9. The van der Waals surface area contributed by atoms with Crippen LogP contribution in [0.3, 0.4) is 0 Å². The SMILES string of the molecule is CC1CCCC(=O)CCC/C=C/c2cc3c(c(O)c2C(=O)O1)C(c1cccc2ccccc12)CC(=O)O3. The van der Waals surface area contributed by atoms with Crippen LogP contribution in [0.2, 0.25) is 0 Å². The molecule has 0 aromatic heterocycles. The zero-order chi connectivity index (χ0) is 25.9. The molecule has 2 aliphatic rings. The van der Waals surface area contributed by atoms with Gasteiger partial charge in [0.1, 0.15) is 22.8 Å². The fourth-order valence-corrected chi connectivity index (χ4v) is 5.34. The molecule has 3 aromatic rings. The van der Waals surface area contributed by atoms with Crippen molar-refractivity contribution in [2.45, 2.75) is 63.9 Å². The largest absolute Gasteiger partial charge is 0.507 e. The van der Waals surface area contributed by atoms with Gasteiger partial charge >= 0.3 is 11.9 Å². The number of hydrogen-bond acceptors (Lipinski definition) is 6. The average Bonchev–Trinajstić information content (AvgIpc) is 2.87. The van der Waals surface area contributed by atoms with Crippen molar-refractivity contribution in [1.82, 2.24) is 0 Å². The van der Waals surface area contributed by atoms with Crippen molar-refractivity contribution >= 4 is 34.6 Å². The van der Waals surface area contributed by atoms with Crippen molar-refractivity contribution in [2.75, 3.05) is 0 Å². The third kappa shape index (κ3) is 5.15. The molecule has 0 aliphatic carbocycles. The smallest absolute Gasteiger partial charge is 0.342 e. The van der Waals surface area contributed by atoms with Gasteiger partial charge in [-0.3, -0.25) is 9.59 Å². The number of phenols is 1. The Hall–Kier alpha value is -3.93. The van der Waals surface area contributed by atoms with Gasteiger partial charge in [0.05, 0.1) is 12.5 Å². The topological polar surface area (TPSA) is 89.9 Å². The van der Waals surface area contributed by atoms with Gasteiger partial charge in [-0.2, -0.15) is 0 Å². The third-order valence-corrected chi connectivity index (χ3v) is 7.18. The number of ketones is 1. The second-order valence-corrected chi connectivity index (χ2v) is 9.84. The lowest BCUT2D eigenvalue weighted by molar-refractivity contribution is -0.135. The Morgan fingerprint density at radius 2 is 1.76 bits per heavy atom. The first kappa shape index (κ1) is 24.8. The lowest BCUT2D eigenvalue weighted by Gasteiger charge is -2.28. The number of allylic oxidation sites excluding steroid dienone is 1. The molecule has 0 bridgehead atoms. The number of rotatable bonds is 1. The summed E-state index contributed by atoms with van der Waals surface area (Å²) in [6.45, 7) is 1.79. The molecule has 2 atom stereocenters. The highest BCUT2D eigenvalue weighted by Crippen LogP contribution is 2.48. The Bertz CT molecular complexity index is 1400. The van der Waals surface area contributed by atoms with Crippen molar-refractivity contribution in [3.63, 3.8) is 0 Å². The number of Topliss-reactive ketones (excluding diaryl/α,β-unsaturated/α-hetero) is 1. The van der Waals surface area contributed by atoms with E-state index in [-0.39, 0.29) is 29.3 Å². The Balaban J connectivity index is 1.64. The van der Waals surface area contributed by atoms with Gasteiger partial charge in [0, 0.05) is 24.3 Å². The minimum Gasteiger partial charge on any atom is -0.507 e. The number of esters is 2. The standard InChI is InChI=1S/C31H30O6/c1-19-9-7-14-22(32)13-4-2-3-11-21-17-26-29(30(34)28(21)31(35)36-19)25(18-27(33)37-26)24-16-8-12-20-10-5-6-15-23(20)24/h3,5-6,8,10-12,15-17,19,25,34H,2,4,7,9,13-14,18H2,1H3/b11-3+. The van der Waals surface area contributed by atoms with E-state index in [4.69, 9.17) is 9.47 Å². The number of cyclic esters (lactones) is 1. The molecule has 0 saturated carbocycles. The molecule has 0 amide bonds. The van der Waals surface area contributed by atoms with E-state index < -0.39 is 24.0 Å². The molecule has 1 N–H and O–H groups in total. The Morgan fingerprint density at radius 1 is 0.973 bits per heavy atom. The molecule has 3 aromatic carbocycles. The summed E-state index contributed by atoms with van der Waals surface area (Å²) in [6, 6.07) is 15.4. The summed E-state index contributed by atoms with van der Waals surface area (Å²) in [5.74, 6) is -1.29. The van der Waals surface area contributed by atoms with Gasteiger partial charge in [0.25, 0.3) is 0 Å².